The zero-order valence-corrected chi connectivity index (χ0v) is 11.7. The summed E-state index contributed by atoms with van der Waals surface area (Å²) in [6.45, 7) is 0. The lowest BCUT2D eigenvalue weighted by atomic mass is 9.93. The monoisotopic (exact) mass is 290 g/mol. The van der Waals surface area contributed by atoms with Gasteiger partial charge in [-0.15, -0.1) is 0 Å². The third-order valence-corrected chi connectivity index (χ3v) is 3.99. The first-order chi connectivity index (χ1) is 10.7. The normalized spacial score (nSPS) is 11.2. The van der Waals surface area contributed by atoms with Crippen LogP contribution in [0.1, 0.15) is 0 Å². The minimum absolute atomic E-state index is 0.296. The van der Waals surface area contributed by atoms with Crippen molar-refractivity contribution in [2.45, 2.75) is 0 Å². The van der Waals surface area contributed by atoms with Gasteiger partial charge in [0.2, 0.25) is 0 Å². The van der Waals surface area contributed by atoms with E-state index in [0.29, 0.717) is 11.1 Å². The summed E-state index contributed by atoms with van der Waals surface area (Å²) in [5.74, 6) is -0.615. The quantitative estimate of drug-likeness (QED) is 0.407. The Morgan fingerprint density at radius 3 is 2.23 bits per heavy atom. The van der Waals surface area contributed by atoms with E-state index in [-0.39, 0.29) is 11.6 Å². The van der Waals surface area contributed by atoms with Crippen LogP contribution in [-0.4, -0.2) is 0 Å². The Morgan fingerprint density at radius 2 is 1.32 bits per heavy atom. The van der Waals surface area contributed by atoms with Gasteiger partial charge in [0.25, 0.3) is 0 Å². The second-order valence-corrected chi connectivity index (χ2v) is 5.31. The molecule has 0 amide bonds. The van der Waals surface area contributed by atoms with Crippen LogP contribution in [0.4, 0.5) is 8.78 Å². The number of rotatable bonds is 1. The zero-order chi connectivity index (χ0) is 15.1. The lowest BCUT2D eigenvalue weighted by molar-refractivity contribution is 0.629. The molecule has 0 unspecified atom stereocenters. The largest absolute Gasteiger partial charge is 0.207 e. The van der Waals surface area contributed by atoms with Crippen molar-refractivity contribution in [1.29, 1.82) is 0 Å². The highest BCUT2D eigenvalue weighted by Gasteiger charge is 2.13. The van der Waals surface area contributed by atoms with Crippen molar-refractivity contribution < 1.29 is 8.78 Å². The maximum absolute atomic E-state index is 14.5. The van der Waals surface area contributed by atoms with Gasteiger partial charge in [0.05, 0.1) is 0 Å². The summed E-state index contributed by atoms with van der Waals surface area (Å²) in [6.07, 6.45) is 0. The first-order valence-electron chi connectivity index (χ1n) is 7.10. The molecule has 0 fully saturated rings. The second-order valence-electron chi connectivity index (χ2n) is 5.31. The Hall–Kier alpha value is -2.74. The fourth-order valence-corrected chi connectivity index (χ4v) is 2.98. The molecular weight excluding hydrogens is 278 g/mol. The third kappa shape index (κ3) is 1.96. The summed E-state index contributed by atoms with van der Waals surface area (Å²) >= 11 is 0. The highest BCUT2D eigenvalue weighted by atomic mass is 19.1. The molecule has 0 atom stereocenters. The van der Waals surface area contributed by atoms with Gasteiger partial charge in [-0.3, -0.25) is 0 Å². The number of benzene rings is 4. The molecule has 0 aromatic heterocycles. The fraction of sp³-hybridized carbons (Fsp3) is 0. The molecule has 0 radical (unpaired) electrons. The van der Waals surface area contributed by atoms with Gasteiger partial charge in [0.15, 0.2) is 0 Å². The summed E-state index contributed by atoms with van der Waals surface area (Å²) in [6, 6.07) is 21.1. The molecule has 0 spiro atoms. The van der Waals surface area contributed by atoms with Crippen LogP contribution in [0.25, 0.3) is 32.7 Å². The third-order valence-electron chi connectivity index (χ3n) is 3.99. The number of hydrogen-bond acceptors (Lipinski definition) is 0. The molecule has 0 aliphatic rings. The average molecular weight is 290 g/mol. The van der Waals surface area contributed by atoms with Crippen LogP contribution in [0.3, 0.4) is 0 Å². The lowest BCUT2D eigenvalue weighted by Gasteiger charge is -2.11. The zero-order valence-electron chi connectivity index (χ0n) is 11.7. The van der Waals surface area contributed by atoms with Crippen LogP contribution in [0, 0.1) is 11.6 Å². The van der Waals surface area contributed by atoms with Crippen molar-refractivity contribution >= 4 is 21.5 Å². The number of fused-ring (bicyclic) bond motifs is 2. The predicted molar refractivity (Wildman–Crippen MR) is 86.8 cm³/mol. The van der Waals surface area contributed by atoms with Crippen LogP contribution in [0.15, 0.2) is 72.8 Å². The van der Waals surface area contributed by atoms with Gasteiger partial charge >= 0.3 is 0 Å². The molecule has 4 aromatic rings. The van der Waals surface area contributed by atoms with Gasteiger partial charge in [0.1, 0.15) is 11.6 Å². The van der Waals surface area contributed by atoms with Crippen molar-refractivity contribution in [3.63, 3.8) is 0 Å². The van der Waals surface area contributed by atoms with Gasteiger partial charge in [-0.05, 0) is 45.3 Å². The number of hydrogen-bond donors (Lipinski definition) is 0. The SMILES string of the molecule is Fc1ccc2cccc(-c3c(F)ccc4ccccc34)c2c1. The summed E-state index contributed by atoms with van der Waals surface area (Å²) in [5, 5.41) is 3.41. The molecule has 0 aliphatic heterocycles. The van der Waals surface area contributed by atoms with E-state index in [1.165, 1.54) is 18.2 Å². The molecule has 2 heteroatoms. The van der Waals surface area contributed by atoms with Gasteiger partial charge < -0.3 is 0 Å². The second kappa shape index (κ2) is 4.92. The molecule has 0 saturated carbocycles. The first kappa shape index (κ1) is 13.0. The lowest BCUT2D eigenvalue weighted by Crippen LogP contribution is -1.89. The Morgan fingerprint density at radius 1 is 0.591 bits per heavy atom. The Bertz CT molecular complexity index is 1000. The molecule has 0 saturated heterocycles. The van der Waals surface area contributed by atoms with Crippen molar-refractivity contribution in [3.8, 4) is 11.1 Å². The Labute approximate surface area is 126 Å². The minimum Gasteiger partial charge on any atom is -0.207 e. The van der Waals surface area contributed by atoms with Crippen LogP contribution >= 0.6 is 0 Å². The standard InChI is InChI=1S/C20H12F2/c21-15-10-8-14-5-3-7-17(18(14)12-15)20-16-6-2-1-4-13(16)9-11-19(20)22/h1-12H. The van der Waals surface area contributed by atoms with Gasteiger partial charge in [-0.1, -0.05) is 54.6 Å². The molecule has 0 N–H and O–H groups in total. The summed E-state index contributed by atoms with van der Waals surface area (Å²) in [4.78, 5) is 0. The van der Waals surface area contributed by atoms with Gasteiger partial charge in [0, 0.05) is 5.56 Å². The summed E-state index contributed by atoms with van der Waals surface area (Å²) in [7, 11) is 0. The van der Waals surface area contributed by atoms with Crippen LogP contribution in [0.2, 0.25) is 0 Å². The van der Waals surface area contributed by atoms with Crippen LogP contribution < -0.4 is 0 Å². The Kier molecular flexibility index (Phi) is 2.90. The van der Waals surface area contributed by atoms with E-state index in [9.17, 15) is 8.78 Å². The molecule has 0 heterocycles. The van der Waals surface area contributed by atoms with E-state index < -0.39 is 0 Å². The van der Waals surface area contributed by atoms with E-state index in [2.05, 4.69) is 0 Å². The maximum atomic E-state index is 14.5. The van der Waals surface area contributed by atoms with Crippen molar-refractivity contribution in [2.24, 2.45) is 0 Å². The van der Waals surface area contributed by atoms with Crippen LogP contribution in [-0.2, 0) is 0 Å². The van der Waals surface area contributed by atoms with E-state index >= 15 is 0 Å². The summed E-state index contributed by atoms with van der Waals surface area (Å²) in [5.41, 5.74) is 1.24. The van der Waals surface area contributed by atoms with Crippen LogP contribution in [0.5, 0.6) is 0 Å². The van der Waals surface area contributed by atoms with Crippen molar-refractivity contribution in [3.05, 3.63) is 84.4 Å². The molecule has 0 nitrogen and oxygen atoms in total. The molecule has 0 bridgehead atoms. The molecule has 4 aromatic carbocycles. The van der Waals surface area contributed by atoms with Crippen molar-refractivity contribution in [2.75, 3.05) is 0 Å². The average Bonchev–Trinajstić information content (AvgIpc) is 2.54. The van der Waals surface area contributed by atoms with E-state index in [1.54, 1.807) is 12.1 Å². The molecule has 22 heavy (non-hydrogen) atoms. The van der Waals surface area contributed by atoms with Gasteiger partial charge in [-0.25, -0.2) is 8.78 Å². The highest BCUT2D eigenvalue weighted by molar-refractivity contribution is 6.05. The van der Waals surface area contributed by atoms with E-state index in [0.717, 1.165) is 21.5 Å². The molecule has 4 rings (SSSR count). The highest BCUT2D eigenvalue weighted by Crippen LogP contribution is 2.36. The number of halogens is 2. The van der Waals surface area contributed by atoms with Gasteiger partial charge in [-0.2, -0.15) is 0 Å². The van der Waals surface area contributed by atoms with E-state index in [4.69, 9.17) is 0 Å². The van der Waals surface area contributed by atoms with E-state index in [1.807, 2.05) is 42.5 Å². The Balaban J connectivity index is 2.16. The van der Waals surface area contributed by atoms with Crippen molar-refractivity contribution in [1.82, 2.24) is 0 Å². The maximum Gasteiger partial charge on any atom is 0.131 e. The minimum atomic E-state index is -0.319. The smallest absolute Gasteiger partial charge is 0.131 e. The predicted octanol–water partition coefficient (Wildman–Crippen LogP) is 5.94. The molecular formula is C20H12F2. The first-order valence-corrected chi connectivity index (χ1v) is 7.10. The molecule has 106 valence electrons. The fourth-order valence-electron chi connectivity index (χ4n) is 2.98. The summed E-state index contributed by atoms with van der Waals surface area (Å²) < 4.78 is 28.2. The molecule has 0 aliphatic carbocycles. The topological polar surface area (TPSA) is 0 Å².